The molecule has 1 amide bonds. The van der Waals surface area contributed by atoms with Gasteiger partial charge in [-0.25, -0.2) is 9.50 Å². The average Bonchev–Trinajstić information content (AvgIpc) is 3.54. The molecular weight excluding hydrogens is 478 g/mol. The van der Waals surface area contributed by atoms with Crippen LogP contribution in [0.25, 0.3) is 28.2 Å². The Morgan fingerprint density at radius 1 is 1.11 bits per heavy atom. The van der Waals surface area contributed by atoms with E-state index >= 15 is 0 Å². The van der Waals surface area contributed by atoms with E-state index in [4.69, 9.17) is 9.84 Å². The lowest BCUT2D eigenvalue weighted by molar-refractivity contribution is -0.141. The summed E-state index contributed by atoms with van der Waals surface area (Å²) in [6.45, 7) is 11.8. The first-order valence-corrected chi connectivity index (χ1v) is 13.2. The Morgan fingerprint density at radius 3 is 2.45 bits per heavy atom. The molecule has 5 rings (SSSR count). The maximum Gasteiger partial charge on any atom is 0.239 e. The summed E-state index contributed by atoms with van der Waals surface area (Å²) in [6, 6.07) is 10.6. The number of fused-ring (bicyclic) bond motifs is 1. The standard InChI is InChI=1S/C29H37N7O2/c1-17(2)25-26(32-33-27(25)23-12-18(3)28-30-16-31-36(28)13-23)22-10-8-21(9-11-22)19(4)35(7)29(37)20(5)34(6)24-14-38-15-24/h8-13,16-17,19-20,24H,14-15H2,1-7H3,(H,32,33)/t19-,20+/m0/s1. The van der Waals surface area contributed by atoms with Gasteiger partial charge in [0.2, 0.25) is 5.91 Å². The van der Waals surface area contributed by atoms with Crippen LogP contribution in [0.1, 0.15) is 56.3 Å². The lowest BCUT2D eigenvalue weighted by Crippen LogP contribution is -2.55. The molecule has 1 fully saturated rings. The van der Waals surface area contributed by atoms with Crippen LogP contribution in [0.15, 0.2) is 42.9 Å². The van der Waals surface area contributed by atoms with Crippen LogP contribution < -0.4 is 0 Å². The normalized spacial score (nSPS) is 15.7. The van der Waals surface area contributed by atoms with E-state index in [0.29, 0.717) is 19.3 Å². The van der Waals surface area contributed by atoms with Gasteiger partial charge in [-0.3, -0.25) is 14.8 Å². The first-order chi connectivity index (χ1) is 18.2. The van der Waals surface area contributed by atoms with E-state index in [0.717, 1.165) is 44.9 Å². The fourth-order valence-electron chi connectivity index (χ4n) is 5.16. The molecule has 0 spiro atoms. The fourth-order valence-corrected chi connectivity index (χ4v) is 5.16. The Kier molecular flexibility index (Phi) is 7.07. The van der Waals surface area contributed by atoms with Gasteiger partial charge >= 0.3 is 0 Å². The molecule has 3 aromatic heterocycles. The van der Waals surface area contributed by atoms with Crippen molar-refractivity contribution in [2.45, 2.75) is 58.7 Å². The average molecular weight is 516 g/mol. The number of amides is 1. The van der Waals surface area contributed by atoms with Gasteiger partial charge in [-0.1, -0.05) is 38.1 Å². The Labute approximate surface area is 223 Å². The molecule has 2 atom stereocenters. The maximum atomic E-state index is 13.2. The summed E-state index contributed by atoms with van der Waals surface area (Å²) in [5.41, 5.74) is 8.16. The van der Waals surface area contributed by atoms with Crippen molar-refractivity contribution in [3.8, 4) is 22.5 Å². The van der Waals surface area contributed by atoms with E-state index in [-0.39, 0.29) is 23.9 Å². The van der Waals surface area contributed by atoms with Crippen LogP contribution >= 0.6 is 0 Å². The zero-order valence-corrected chi connectivity index (χ0v) is 23.3. The molecule has 1 aliphatic rings. The highest BCUT2D eigenvalue weighted by Crippen LogP contribution is 2.36. The number of benzene rings is 1. The molecular formula is C29H37N7O2. The number of pyridine rings is 1. The molecule has 0 aliphatic carbocycles. The molecule has 9 nitrogen and oxygen atoms in total. The van der Waals surface area contributed by atoms with Crippen molar-refractivity contribution in [3.05, 3.63) is 59.5 Å². The molecule has 4 aromatic rings. The van der Waals surface area contributed by atoms with E-state index in [2.05, 4.69) is 71.2 Å². The number of aromatic nitrogens is 5. The van der Waals surface area contributed by atoms with Gasteiger partial charge in [-0.05, 0) is 50.9 Å². The Morgan fingerprint density at radius 2 is 1.82 bits per heavy atom. The van der Waals surface area contributed by atoms with E-state index in [1.165, 1.54) is 0 Å². The molecule has 0 radical (unpaired) electrons. The number of hydrogen-bond donors (Lipinski definition) is 1. The zero-order valence-electron chi connectivity index (χ0n) is 23.3. The minimum atomic E-state index is -0.202. The fraction of sp³-hybridized carbons (Fsp3) is 0.448. The number of aryl methyl sites for hydroxylation is 1. The number of ether oxygens (including phenoxy) is 1. The summed E-state index contributed by atoms with van der Waals surface area (Å²) in [5, 5.41) is 12.4. The van der Waals surface area contributed by atoms with Crippen LogP contribution in [0.3, 0.4) is 0 Å². The smallest absolute Gasteiger partial charge is 0.239 e. The molecule has 1 saturated heterocycles. The van der Waals surface area contributed by atoms with Gasteiger partial charge in [-0.2, -0.15) is 10.2 Å². The number of hydrogen-bond acceptors (Lipinski definition) is 6. The van der Waals surface area contributed by atoms with Crippen molar-refractivity contribution in [2.75, 3.05) is 27.3 Å². The van der Waals surface area contributed by atoms with Gasteiger partial charge in [0.15, 0.2) is 5.65 Å². The highest BCUT2D eigenvalue weighted by Gasteiger charge is 2.32. The summed E-state index contributed by atoms with van der Waals surface area (Å²) in [4.78, 5) is 21.5. The zero-order chi connectivity index (χ0) is 27.1. The van der Waals surface area contributed by atoms with Crippen molar-refractivity contribution in [3.63, 3.8) is 0 Å². The van der Waals surface area contributed by atoms with Gasteiger partial charge in [0.25, 0.3) is 0 Å². The molecule has 9 heteroatoms. The van der Waals surface area contributed by atoms with Crippen LogP contribution in [-0.2, 0) is 9.53 Å². The van der Waals surface area contributed by atoms with Gasteiger partial charge in [0.1, 0.15) is 6.33 Å². The van der Waals surface area contributed by atoms with Gasteiger partial charge in [0, 0.05) is 29.9 Å². The predicted octanol–water partition coefficient (Wildman–Crippen LogP) is 4.46. The van der Waals surface area contributed by atoms with Crippen LogP contribution in [0.2, 0.25) is 0 Å². The van der Waals surface area contributed by atoms with E-state index in [1.807, 2.05) is 43.6 Å². The quantitative estimate of drug-likeness (QED) is 0.373. The summed E-state index contributed by atoms with van der Waals surface area (Å²) < 4.78 is 7.11. The minimum Gasteiger partial charge on any atom is -0.378 e. The number of aromatic amines is 1. The molecule has 0 unspecified atom stereocenters. The van der Waals surface area contributed by atoms with Crippen molar-refractivity contribution in [1.29, 1.82) is 0 Å². The van der Waals surface area contributed by atoms with Gasteiger partial charge < -0.3 is 9.64 Å². The highest BCUT2D eigenvalue weighted by atomic mass is 16.5. The molecule has 200 valence electrons. The molecule has 4 heterocycles. The number of nitrogens with one attached hydrogen (secondary N) is 1. The summed E-state index contributed by atoms with van der Waals surface area (Å²) in [7, 11) is 3.88. The molecule has 1 N–H and O–H groups in total. The maximum absolute atomic E-state index is 13.2. The number of carbonyl (C=O) groups excluding carboxylic acids is 1. The van der Waals surface area contributed by atoms with Crippen molar-refractivity contribution in [1.82, 2.24) is 34.6 Å². The summed E-state index contributed by atoms with van der Waals surface area (Å²) >= 11 is 0. The van der Waals surface area contributed by atoms with Crippen LogP contribution in [-0.4, -0.2) is 79.9 Å². The third-order valence-electron chi connectivity index (χ3n) is 7.99. The predicted molar refractivity (Wildman–Crippen MR) is 148 cm³/mol. The second kappa shape index (κ2) is 10.3. The van der Waals surface area contributed by atoms with Crippen LogP contribution in [0, 0.1) is 6.92 Å². The van der Waals surface area contributed by atoms with E-state index in [1.54, 1.807) is 6.33 Å². The summed E-state index contributed by atoms with van der Waals surface area (Å²) in [5.74, 6) is 0.363. The lowest BCUT2D eigenvalue weighted by Gasteiger charge is -2.39. The summed E-state index contributed by atoms with van der Waals surface area (Å²) in [6.07, 6.45) is 3.57. The molecule has 38 heavy (non-hydrogen) atoms. The minimum absolute atomic E-state index is 0.0539. The first-order valence-electron chi connectivity index (χ1n) is 13.2. The SMILES string of the molecule is Cc1cc(-c2[nH]nc(-c3ccc([C@H](C)N(C)C(=O)[C@@H](C)N(C)C4COC4)cc3)c2C(C)C)cn2ncnc12. The highest BCUT2D eigenvalue weighted by molar-refractivity contribution is 5.82. The van der Waals surface area contributed by atoms with Crippen LogP contribution in [0.4, 0.5) is 0 Å². The second-order valence-corrected chi connectivity index (χ2v) is 10.7. The molecule has 0 saturated carbocycles. The molecule has 0 bridgehead atoms. The second-order valence-electron chi connectivity index (χ2n) is 10.7. The molecule has 1 aromatic carbocycles. The third-order valence-corrected chi connectivity index (χ3v) is 7.99. The number of likely N-dealkylation sites (N-methyl/N-ethyl adjacent to an activating group) is 2. The molecule has 1 aliphatic heterocycles. The topological polar surface area (TPSA) is 91.7 Å². The van der Waals surface area contributed by atoms with Gasteiger partial charge in [-0.15, -0.1) is 0 Å². The number of carbonyl (C=O) groups is 1. The van der Waals surface area contributed by atoms with Crippen LogP contribution in [0.5, 0.6) is 0 Å². The number of nitrogens with zero attached hydrogens (tertiary/aromatic N) is 6. The largest absolute Gasteiger partial charge is 0.378 e. The van der Waals surface area contributed by atoms with Crippen molar-refractivity contribution < 1.29 is 9.53 Å². The van der Waals surface area contributed by atoms with Gasteiger partial charge in [0.05, 0.1) is 42.7 Å². The Hall–Kier alpha value is -3.56. The first kappa shape index (κ1) is 26.1. The van der Waals surface area contributed by atoms with Crippen molar-refractivity contribution >= 4 is 11.6 Å². The number of H-pyrrole nitrogens is 1. The van der Waals surface area contributed by atoms with Crippen molar-refractivity contribution in [2.24, 2.45) is 0 Å². The Balaban J connectivity index is 1.39. The Bertz CT molecular complexity index is 1440. The van der Waals surface area contributed by atoms with E-state index in [9.17, 15) is 4.79 Å². The third kappa shape index (κ3) is 4.61. The number of rotatable bonds is 8. The monoisotopic (exact) mass is 515 g/mol. The van der Waals surface area contributed by atoms with E-state index < -0.39 is 0 Å². The lowest BCUT2D eigenvalue weighted by atomic mass is 9.93.